The maximum atomic E-state index is 13.9. The van der Waals surface area contributed by atoms with Gasteiger partial charge in [0.15, 0.2) is 0 Å². The fourth-order valence-corrected chi connectivity index (χ4v) is 6.70. The van der Waals surface area contributed by atoms with Crippen LogP contribution in [0, 0.1) is 34.6 Å². The van der Waals surface area contributed by atoms with Crippen LogP contribution in [0.1, 0.15) is 46.2 Å². The van der Waals surface area contributed by atoms with Crippen LogP contribution in [0.3, 0.4) is 0 Å². The Labute approximate surface area is 195 Å². The molecule has 1 aromatic heterocycles. The fraction of sp³-hybridized carbons (Fsp3) is 0.423. The smallest absolute Gasteiger partial charge is 0.252 e. The van der Waals surface area contributed by atoms with Crippen LogP contribution in [0.2, 0.25) is 0 Å². The van der Waals surface area contributed by atoms with Crippen molar-refractivity contribution >= 4 is 20.9 Å². The molecule has 6 nitrogen and oxygen atoms in total. The Morgan fingerprint density at radius 3 is 2.36 bits per heavy atom. The van der Waals surface area contributed by atoms with E-state index in [1.165, 1.54) is 4.31 Å². The maximum Gasteiger partial charge on any atom is 0.252 e. The third-order valence-corrected chi connectivity index (χ3v) is 8.73. The van der Waals surface area contributed by atoms with Gasteiger partial charge in [0.2, 0.25) is 10.0 Å². The number of nitrogens with zero attached hydrogens (tertiary/aromatic N) is 1. The van der Waals surface area contributed by atoms with Crippen molar-refractivity contribution < 1.29 is 13.2 Å². The monoisotopic (exact) mass is 468 g/mol. The molecule has 1 saturated heterocycles. The number of aromatic amines is 1. The zero-order valence-corrected chi connectivity index (χ0v) is 20.8. The summed E-state index contributed by atoms with van der Waals surface area (Å²) < 4.78 is 35.0. The lowest BCUT2D eigenvalue weighted by Crippen LogP contribution is -2.39. The highest BCUT2D eigenvalue weighted by molar-refractivity contribution is 7.89. The molecule has 176 valence electrons. The van der Waals surface area contributed by atoms with Crippen molar-refractivity contribution in [3.05, 3.63) is 74.1 Å². The van der Waals surface area contributed by atoms with E-state index in [1.807, 2.05) is 65.0 Å². The second-order valence-corrected chi connectivity index (χ2v) is 11.1. The minimum absolute atomic E-state index is 0.00680. The summed E-state index contributed by atoms with van der Waals surface area (Å²) in [6.07, 6.45) is 1.55. The molecule has 0 spiro atoms. The van der Waals surface area contributed by atoms with E-state index in [2.05, 4.69) is 4.98 Å². The van der Waals surface area contributed by atoms with Crippen LogP contribution in [0.15, 0.2) is 40.0 Å². The standard InChI is InChI=1S/C26H32N2O4S/c1-16-11-18(3)25(19(4)12-16)33(30,31)28(15-23-7-6-10-32-23)14-22-13-21-9-8-17(2)20(5)24(21)27-26(22)29/h8-9,11-13,23H,6-7,10,14-15H2,1-5H3,(H,27,29)/t23-/m0/s1. The third kappa shape index (κ3) is 4.63. The van der Waals surface area contributed by atoms with Crippen LogP contribution in [0.25, 0.3) is 10.9 Å². The number of aromatic nitrogens is 1. The van der Waals surface area contributed by atoms with Crippen LogP contribution in [0.5, 0.6) is 0 Å². The summed E-state index contributed by atoms with van der Waals surface area (Å²) in [5.74, 6) is 0. The normalized spacial score (nSPS) is 16.7. The summed E-state index contributed by atoms with van der Waals surface area (Å²) >= 11 is 0. The molecule has 1 aliphatic heterocycles. The first-order valence-electron chi connectivity index (χ1n) is 11.4. The van der Waals surface area contributed by atoms with Crippen LogP contribution in [0.4, 0.5) is 0 Å². The highest BCUT2D eigenvalue weighted by Crippen LogP contribution is 2.28. The number of benzene rings is 2. The van der Waals surface area contributed by atoms with E-state index in [0.29, 0.717) is 28.2 Å². The number of hydrogen-bond donors (Lipinski definition) is 1. The summed E-state index contributed by atoms with van der Waals surface area (Å²) in [6.45, 7) is 10.4. The topological polar surface area (TPSA) is 79.5 Å². The number of sulfonamides is 1. The number of nitrogens with one attached hydrogen (secondary N) is 1. The van der Waals surface area contributed by atoms with Gasteiger partial charge in [-0.2, -0.15) is 4.31 Å². The van der Waals surface area contributed by atoms with Crippen molar-refractivity contribution in [3.8, 4) is 0 Å². The van der Waals surface area contributed by atoms with Gasteiger partial charge in [0.05, 0.1) is 16.5 Å². The Morgan fingerprint density at radius 2 is 1.73 bits per heavy atom. The second kappa shape index (κ2) is 9.05. The summed E-state index contributed by atoms with van der Waals surface area (Å²) in [5.41, 5.74) is 5.51. The summed E-state index contributed by atoms with van der Waals surface area (Å²) in [4.78, 5) is 16.3. The first-order chi connectivity index (χ1) is 15.6. The summed E-state index contributed by atoms with van der Waals surface area (Å²) in [7, 11) is -3.85. The highest BCUT2D eigenvalue weighted by atomic mass is 32.2. The molecule has 1 fully saturated rings. The average Bonchev–Trinajstić information content (AvgIpc) is 3.23. The molecule has 0 unspecified atom stereocenters. The third-order valence-electron chi connectivity index (χ3n) is 6.61. The molecule has 0 amide bonds. The predicted octanol–water partition coefficient (Wildman–Crippen LogP) is 4.44. The maximum absolute atomic E-state index is 13.9. The first kappa shape index (κ1) is 23.7. The van der Waals surface area contributed by atoms with Gasteiger partial charge >= 0.3 is 0 Å². The molecule has 0 bridgehead atoms. The van der Waals surface area contributed by atoms with E-state index in [4.69, 9.17) is 4.74 Å². The second-order valence-electron chi connectivity index (χ2n) is 9.26. The number of aryl methyl sites for hydroxylation is 5. The minimum Gasteiger partial charge on any atom is -0.377 e. The van der Waals surface area contributed by atoms with Gasteiger partial charge in [-0.05, 0) is 81.2 Å². The molecule has 33 heavy (non-hydrogen) atoms. The zero-order chi connectivity index (χ0) is 23.9. The van der Waals surface area contributed by atoms with Gasteiger partial charge in [-0.1, -0.05) is 29.8 Å². The summed E-state index contributed by atoms with van der Waals surface area (Å²) in [5, 5.41) is 0.893. The molecule has 7 heteroatoms. The molecule has 4 rings (SSSR count). The van der Waals surface area contributed by atoms with Gasteiger partial charge in [0.1, 0.15) is 0 Å². The van der Waals surface area contributed by atoms with Crippen LogP contribution < -0.4 is 5.56 Å². The van der Waals surface area contributed by atoms with Crippen LogP contribution in [-0.2, 0) is 21.3 Å². The molecule has 0 radical (unpaired) electrons. The van der Waals surface area contributed by atoms with Gasteiger partial charge < -0.3 is 9.72 Å². The van der Waals surface area contributed by atoms with Gasteiger partial charge in [0.25, 0.3) is 5.56 Å². The van der Waals surface area contributed by atoms with Crippen molar-refractivity contribution in [1.82, 2.24) is 9.29 Å². The molecular formula is C26H32N2O4S. The SMILES string of the molecule is Cc1cc(C)c(S(=O)(=O)N(Cc2cc3ccc(C)c(C)c3[nH]c2=O)C[C@@H]2CCCO2)c(C)c1. The molecule has 0 aliphatic carbocycles. The predicted molar refractivity (Wildman–Crippen MR) is 131 cm³/mol. The van der Waals surface area contributed by atoms with Crippen molar-refractivity contribution in [2.75, 3.05) is 13.2 Å². The van der Waals surface area contributed by atoms with E-state index >= 15 is 0 Å². The number of pyridine rings is 1. The lowest BCUT2D eigenvalue weighted by atomic mass is 10.0. The van der Waals surface area contributed by atoms with Crippen molar-refractivity contribution in [2.24, 2.45) is 0 Å². The largest absolute Gasteiger partial charge is 0.377 e. The van der Waals surface area contributed by atoms with Crippen molar-refractivity contribution in [3.63, 3.8) is 0 Å². The quantitative estimate of drug-likeness (QED) is 0.580. The van der Waals surface area contributed by atoms with E-state index < -0.39 is 10.0 Å². The Hall–Kier alpha value is -2.48. The van der Waals surface area contributed by atoms with E-state index in [1.54, 1.807) is 0 Å². The summed E-state index contributed by atoms with van der Waals surface area (Å²) in [6, 6.07) is 9.56. The number of H-pyrrole nitrogens is 1. The Morgan fingerprint density at radius 1 is 1.03 bits per heavy atom. The fourth-order valence-electron chi connectivity index (χ4n) is 4.84. The van der Waals surface area contributed by atoms with Crippen LogP contribution >= 0.6 is 0 Å². The first-order valence-corrected chi connectivity index (χ1v) is 12.8. The minimum atomic E-state index is -3.85. The molecule has 2 heterocycles. The van der Waals surface area contributed by atoms with E-state index in [-0.39, 0.29) is 24.8 Å². The van der Waals surface area contributed by atoms with Crippen LogP contribution in [-0.4, -0.2) is 37.0 Å². The molecule has 0 saturated carbocycles. The van der Waals surface area contributed by atoms with Crippen molar-refractivity contribution in [2.45, 2.75) is 65.0 Å². The number of rotatable bonds is 6. The highest BCUT2D eigenvalue weighted by Gasteiger charge is 2.32. The molecular weight excluding hydrogens is 436 g/mol. The average molecular weight is 469 g/mol. The van der Waals surface area contributed by atoms with Gasteiger partial charge in [-0.15, -0.1) is 0 Å². The Balaban J connectivity index is 1.79. The number of fused-ring (bicyclic) bond motifs is 1. The molecule has 2 aromatic carbocycles. The van der Waals surface area contributed by atoms with E-state index in [9.17, 15) is 13.2 Å². The molecule has 1 aliphatic rings. The van der Waals surface area contributed by atoms with Gasteiger partial charge in [-0.3, -0.25) is 4.79 Å². The number of hydrogen-bond acceptors (Lipinski definition) is 4. The van der Waals surface area contributed by atoms with E-state index in [0.717, 1.165) is 40.4 Å². The lowest BCUT2D eigenvalue weighted by Gasteiger charge is -2.26. The molecule has 1 atom stereocenters. The molecule has 3 aromatic rings. The Bertz CT molecular complexity index is 1350. The molecule has 1 N–H and O–H groups in total. The number of ether oxygens (including phenoxy) is 1. The van der Waals surface area contributed by atoms with Gasteiger partial charge in [0, 0.05) is 25.3 Å². The Kier molecular flexibility index (Phi) is 6.49. The van der Waals surface area contributed by atoms with Gasteiger partial charge in [-0.25, -0.2) is 8.42 Å². The van der Waals surface area contributed by atoms with Crippen molar-refractivity contribution in [1.29, 1.82) is 0 Å². The zero-order valence-electron chi connectivity index (χ0n) is 20.0. The lowest BCUT2D eigenvalue weighted by molar-refractivity contribution is 0.0925.